The maximum absolute atomic E-state index is 12.6. The summed E-state index contributed by atoms with van der Waals surface area (Å²) in [4.78, 5) is 19.3. The first-order chi connectivity index (χ1) is 14.1. The molecule has 3 heterocycles. The largest absolute Gasteiger partial charge is 0.378 e. The molecule has 1 saturated heterocycles. The summed E-state index contributed by atoms with van der Waals surface area (Å²) >= 11 is 2.80. The summed E-state index contributed by atoms with van der Waals surface area (Å²) in [6.07, 6.45) is 0. The quantitative estimate of drug-likeness (QED) is 0.602. The molecule has 1 N–H and O–H groups in total. The molecule has 2 aromatic heterocycles. The van der Waals surface area contributed by atoms with Gasteiger partial charge >= 0.3 is 0 Å². The first-order valence-electron chi connectivity index (χ1n) is 9.32. The molecule has 152 valence electrons. The van der Waals surface area contributed by atoms with Crippen molar-refractivity contribution in [1.29, 1.82) is 0 Å². The van der Waals surface area contributed by atoms with Crippen LogP contribution in [0, 0.1) is 0 Å². The third kappa shape index (κ3) is 4.60. The normalized spacial score (nSPS) is 15.3. The van der Waals surface area contributed by atoms with Crippen molar-refractivity contribution in [3.63, 3.8) is 0 Å². The lowest BCUT2D eigenvalue weighted by Gasteiger charge is -2.27. The van der Waals surface area contributed by atoms with E-state index in [1.54, 1.807) is 0 Å². The number of thiazole rings is 1. The standard InChI is InChI=1S/C19H22N6O2S2/c1-13(29-19-23-22-18(24(19)2)25-8-10-27-11-9-25)16(26)21-17-20-15(12-28-17)14-6-4-3-5-7-14/h3-7,12-13H,8-11H2,1-2H3,(H,20,21,26). The Kier molecular flexibility index (Phi) is 6.12. The molecule has 3 aromatic rings. The van der Waals surface area contributed by atoms with Crippen molar-refractivity contribution in [2.45, 2.75) is 17.3 Å². The number of hydrogen-bond donors (Lipinski definition) is 1. The third-order valence-electron chi connectivity index (χ3n) is 4.56. The number of anilines is 2. The van der Waals surface area contributed by atoms with Gasteiger partial charge in [-0.25, -0.2) is 4.98 Å². The van der Waals surface area contributed by atoms with Gasteiger partial charge in [-0.05, 0) is 6.92 Å². The van der Waals surface area contributed by atoms with E-state index in [2.05, 4.69) is 25.4 Å². The van der Waals surface area contributed by atoms with Gasteiger partial charge in [-0.2, -0.15) is 0 Å². The average Bonchev–Trinajstić information content (AvgIpc) is 3.36. The van der Waals surface area contributed by atoms with E-state index in [1.807, 2.05) is 54.3 Å². The Hall–Kier alpha value is -2.43. The van der Waals surface area contributed by atoms with Crippen LogP contribution in [0.25, 0.3) is 11.3 Å². The second kappa shape index (κ2) is 8.93. The summed E-state index contributed by atoms with van der Waals surface area (Å²) in [5, 5.41) is 14.4. The molecule has 1 aliphatic heterocycles. The monoisotopic (exact) mass is 430 g/mol. The highest BCUT2D eigenvalue weighted by Gasteiger charge is 2.22. The molecule has 8 nitrogen and oxygen atoms in total. The van der Waals surface area contributed by atoms with E-state index in [9.17, 15) is 4.79 Å². The molecular formula is C19H22N6O2S2. The topological polar surface area (TPSA) is 85.2 Å². The van der Waals surface area contributed by atoms with Gasteiger partial charge in [0.1, 0.15) is 0 Å². The highest BCUT2D eigenvalue weighted by atomic mass is 32.2. The van der Waals surface area contributed by atoms with Crippen LogP contribution in [0.1, 0.15) is 6.92 Å². The first-order valence-corrected chi connectivity index (χ1v) is 11.1. The van der Waals surface area contributed by atoms with E-state index < -0.39 is 0 Å². The highest BCUT2D eigenvalue weighted by Crippen LogP contribution is 2.28. The van der Waals surface area contributed by atoms with Crippen LogP contribution in [0.15, 0.2) is 40.9 Å². The number of thioether (sulfide) groups is 1. The average molecular weight is 431 g/mol. The van der Waals surface area contributed by atoms with E-state index in [4.69, 9.17) is 4.74 Å². The van der Waals surface area contributed by atoms with Crippen LogP contribution in [-0.2, 0) is 16.6 Å². The number of carbonyl (C=O) groups excluding carboxylic acids is 1. The number of aromatic nitrogens is 4. The molecule has 1 atom stereocenters. The molecule has 0 saturated carbocycles. The van der Waals surface area contributed by atoms with Gasteiger partial charge in [0, 0.05) is 31.1 Å². The Morgan fingerprint density at radius 3 is 2.76 bits per heavy atom. The van der Waals surface area contributed by atoms with Crippen molar-refractivity contribution in [2.24, 2.45) is 7.05 Å². The number of morpholine rings is 1. The molecule has 1 fully saturated rings. The Morgan fingerprint density at radius 1 is 1.24 bits per heavy atom. The summed E-state index contributed by atoms with van der Waals surface area (Å²) in [7, 11) is 1.92. The predicted octanol–water partition coefficient (Wildman–Crippen LogP) is 2.89. The molecule has 0 radical (unpaired) electrons. The maximum atomic E-state index is 12.6. The predicted molar refractivity (Wildman–Crippen MR) is 116 cm³/mol. The molecule has 0 aliphatic carbocycles. The zero-order chi connectivity index (χ0) is 20.2. The fourth-order valence-electron chi connectivity index (χ4n) is 2.94. The van der Waals surface area contributed by atoms with Crippen molar-refractivity contribution in [2.75, 3.05) is 36.5 Å². The number of carbonyl (C=O) groups is 1. The van der Waals surface area contributed by atoms with Crippen LogP contribution in [0.5, 0.6) is 0 Å². The zero-order valence-corrected chi connectivity index (χ0v) is 17.9. The van der Waals surface area contributed by atoms with Crippen LogP contribution >= 0.6 is 23.1 Å². The van der Waals surface area contributed by atoms with Gasteiger partial charge in [0.15, 0.2) is 10.3 Å². The van der Waals surface area contributed by atoms with Crippen molar-refractivity contribution >= 4 is 40.1 Å². The lowest BCUT2D eigenvalue weighted by atomic mass is 10.2. The van der Waals surface area contributed by atoms with Crippen molar-refractivity contribution in [3.8, 4) is 11.3 Å². The maximum Gasteiger partial charge on any atom is 0.239 e. The Morgan fingerprint density at radius 2 is 2.00 bits per heavy atom. The van der Waals surface area contributed by atoms with Crippen LogP contribution in [0.3, 0.4) is 0 Å². The second-order valence-electron chi connectivity index (χ2n) is 6.59. The summed E-state index contributed by atoms with van der Waals surface area (Å²) in [6.45, 7) is 4.82. The Bertz CT molecular complexity index is 968. The van der Waals surface area contributed by atoms with Crippen molar-refractivity contribution in [1.82, 2.24) is 19.7 Å². The van der Waals surface area contributed by atoms with Gasteiger partial charge in [-0.1, -0.05) is 42.1 Å². The van der Waals surface area contributed by atoms with Crippen LogP contribution in [-0.4, -0.2) is 57.2 Å². The molecule has 1 amide bonds. The second-order valence-corrected chi connectivity index (χ2v) is 8.76. The molecular weight excluding hydrogens is 408 g/mol. The van der Waals surface area contributed by atoms with Crippen molar-refractivity contribution < 1.29 is 9.53 Å². The fraction of sp³-hybridized carbons (Fsp3) is 0.368. The molecule has 1 aliphatic rings. The van der Waals surface area contributed by atoms with E-state index in [1.165, 1.54) is 23.1 Å². The molecule has 0 bridgehead atoms. The molecule has 10 heteroatoms. The molecule has 1 aromatic carbocycles. The lowest BCUT2D eigenvalue weighted by Crippen LogP contribution is -2.37. The van der Waals surface area contributed by atoms with Crippen LogP contribution in [0.4, 0.5) is 11.1 Å². The summed E-state index contributed by atoms with van der Waals surface area (Å²) in [5.74, 6) is 0.690. The number of rotatable bonds is 6. The minimum atomic E-state index is -0.334. The lowest BCUT2D eigenvalue weighted by molar-refractivity contribution is -0.115. The first kappa shape index (κ1) is 19.9. The van der Waals surface area contributed by atoms with Crippen LogP contribution in [0.2, 0.25) is 0 Å². The minimum absolute atomic E-state index is 0.111. The van der Waals surface area contributed by atoms with Gasteiger partial charge in [0.25, 0.3) is 0 Å². The number of hydrogen-bond acceptors (Lipinski definition) is 8. The molecule has 4 rings (SSSR count). The smallest absolute Gasteiger partial charge is 0.239 e. The molecule has 29 heavy (non-hydrogen) atoms. The van der Waals surface area contributed by atoms with Gasteiger partial charge in [-0.3, -0.25) is 9.36 Å². The van der Waals surface area contributed by atoms with Crippen LogP contribution < -0.4 is 10.2 Å². The third-order valence-corrected chi connectivity index (χ3v) is 6.45. The number of ether oxygens (including phenoxy) is 1. The number of nitrogens with one attached hydrogen (secondary N) is 1. The fourth-order valence-corrected chi connectivity index (χ4v) is 4.47. The van der Waals surface area contributed by atoms with Gasteiger partial charge < -0.3 is 15.0 Å². The van der Waals surface area contributed by atoms with E-state index >= 15 is 0 Å². The molecule has 1 unspecified atom stereocenters. The van der Waals surface area contributed by atoms with Gasteiger partial charge in [-0.15, -0.1) is 21.5 Å². The SMILES string of the molecule is CC(Sc1nnc(N2CCOCC2)n1C)C(=O)Nc1nc(-c2ccccc2)cs1. The minimum Gasteiger partial charge on any atom is -0.378 e. The summed E-state index contributed by atoms with van der Waals surface area (Å²) in [6, 6.07) is 9.91. The number of nitrogens with zero attached hydrogens (tertiary/aromatic N) is 5. The Balaban J connectivity index is 1.38. The summed E-state index contributed by atoms with van der Waals surface area (Å²) < 4.78 is 7.32. The number of benzene rings is 1. The Labute approximate surface area is 177 Å². The zero-order valence-electron chi connectivity index (χ0n) is 16.2. The van der Waals surface area contributed by atoms with E-state index in [0.29, 0.717) is 23.5 Å². The van der Waals surface area contributed by atoms with E-state index in [-0.39, 0.29) is 11.2 Å². The van der Waals surface area contributed by atoms with E-state index in [0.717, 1.165) is 30.3 Å². The highest BCUT2D eigenvalue weighted by molar-refractivity contribution is 8.00. The summed E-state index contributed by atoms with van der Waals surface area (Å²) in [5.41, 5.74) is 1.89. The van der Waals surface area contributed by atoms with Gasteiger partial charge in [0.2, 0.25) is 11.9 Å². The number of amides is 1. The molecule has 0 spiro atoms. The van der Waals surface area contributed by atoms with Gasteiger partial charge in [0.05, 0.1) is 24.2 Å². The van der Waals surface area contributed by atoms with Crippen molar-refractivity contribution in [3.05, 3.63) is 35.7 Å².